The number of benzene rings is 2. The Bertz CT molecular complexity index is 899. The lowest BCUT2D eigenvalue weighted by Gasteiger charge is -2.09. The molecule has 3 rings (SSSR count). The second-order valence-electron chi connectivity index (χ2n) is 6.46. The Morgan fingerprint density at radius 2 is 1.79 bits per heavy atom. The number of ether oxygens (including phenoxy) is 2. The first-order chi connectivity index (χ1) is 14.2. The summed E-state index contributed by atoms with van der Waals surface area (Å²) >= 11 is 0. The highest BCUT2D eigenvalue weighted by atomic mass is 16.5. The molecule has 6 nitrogen and oxygen atoms in total. The minimum Gasteiger partial charge on any atom is -0.497 e. The monoisotopic (exact) mass is 391 g/mol. The Morgan fingerprint density at radius 1 is 0.931 bits per heavy atom. The third kappa shape index (κ3) is 6.84. The zero-order valence-corrected chi connectivity index (χ0v) is 16.4. The average Bonchev–Trinajstić information content (AvgIpc) is 2.78. The Morgan fingerprint density at radius 3 is 2.55 bits per heavy atom. The minimum atomic E-state index is -0.191. The predicted molar refractivity (Wildman–Crippen MR) is 112 cm³/mol. The van der Waals surface area contributed by atoms with E-state index in [0.29, 0.717) is 19.7 Å². The molecule has 3 aromatic rings. The van der Waals surface area contributed by atoms with E-state index >= 15 is 0 Å². The number of hydrogen-bond acceptors (Lipinski definition) is 4. The molecule has 0 saturated carbocycles. The van der Waals surface area contributed by atoms with Crippen molar-refractivity contribution in [1.82, 2.24) is 15.6 Å². The summed E-state index contributed by atoms with van der Waals surface area (Å²) in [6.45, 7) is 1.43. The molecule has 0 aliphatic carbocycles. The fourth-order valence-corrected chi connectivity index (χ4v) is 2.74. The van der Waals surface area contributed by atoms with Gasteiger partial charge in [-0.3, -0.25) is 4.98 Å². The summed E-state index contributed by atoms with van der Waals surface area (Å²) in [4.78, 5) is 16.2. The Labute approximate surface area is 170 Å². The van der Waals surface area contributed by atoms with Gasteiger partial charge in [0.25, 0.3) is 0 Å². The van der Waals surface area contributed by atoms with Crippen LogP contribution in [-0.4, -0.2) is 24.7 Å². The smallest absolute Gasteiger partial charge is 0.315 e. The van der Waals surface area contributed by atoms with Gasteiger partial charge in [0.05, 0.1) is 12.8 Å². The maximum atomic E-state index is 12.0. The molecule has 0 radical (unpaired) electrons. The number of aromatic nitrogens is 1. The molecule has 1 aromatic heterocycles. The van der Waals surface area contributed by atoms with Crippen LogP contribution in [0.25, 0.3) is 0 Å². The van der Waals surface area contributed by atoms with Crippen molar-refractivity contribution in [2.75, 3.05) is 13.7 Å². The van der Waals surface area contributed by atoms with Crippen LogP contribution in [0.3, 0.4) is 0 Å². The van der Waals surface area contributed by atoms with Crippen LogP contribution in [0.5, 0.6) is 11.5 Å². The largest absolute Gasteiger partial charge is 0.497 e. The first-order valence-electron chi connectivity index (χ1n) is 9.49. The summed E-state index contributed by atoms with van der Waals surface area (Å²) in [6.07, 6.45) is 2.49. The topological polar surface area (TPSA) is 72.5 Å². The van der Waals surface area contributed by atoms with Crippen LogP contribution in [0, 0.1) is 0 Å². The van der Waals surface area contributed by atoms with Gasteiger partial charge in [0.2, 0.25) is 0 Å². The maximum absolute atomic E-state index is 12.0. The Kier molecular flexibility index (Phi) is 7.46. The number of rotatable bonds is 9. The highest BCUT2D eigenvalue weighted by molar-refractivity contribution is 5.73. The third-order valence-electron chi connectivity index (χ3n) is 4.32. The van der Waals surface area contributed by atoms with E-state index in [-0.39, 0.29) is 6.03 Å². The zero-order chi connectivity index (χ0) is 20.3. The molecular formula is C23H25N3O3. The summed E-state index contributed by atoms with van der Waals surface area (Å²) in [7, 11) is 1.64. The standard InChI is InChI=1S/C23H25N3O3/c1-28-22-7-4-5-18(15-22)12-14-25-23(27)26-16-19-8-10-21(11-9-19)29-17-20-6-2-3-13-24-20/h2-11,13,15H,12,14,16-17H2,1H3,(H2,25,26,27). The van der Waals surface area contributed by atoms with Crippen molar-refractivity contribution in [3.05, 3.63) is 89.7 Å². The molecule has 0 aliphatic rings. The lowest BCUT2D eigenvalue weighted by Crippen LogP contribution is -2.36. The van der Waals surface area contributed by atoms with E-state index in [1.807, 2.05) is 66.7 Å². The van der Waals surface area contributed by atoms with Crippen LogP contribution in [0.1, 0.15) is 16.8 Å². The first kappa shape index (κ1) is 20.2. The number of methoxy groups -OCH3 is 1. The fourth-order valence-electron chi connectivity index (χ4n) is 2.74. The molecule has 6 heteroatoms. The molecule has 2 amide bonds. The second-order valence-corrected chi connectivity index (χ2v) is 6.46. The molecule has 2 aromatic carbocycles. The van der Waals surface area contributed by atoms with Crippen molar-refractivity contribution < 1.29 is 14.3 Å². The Hall–Kier alpha value is -3.54. The van der Waals surface area contributed by atoms with E-state index in [1.165, 1.54) is 0 Å². The summed E-state index contributed by atoms with van der Waals surface area (Å²) in [5, 5.41) is 5.73. The minimum absolute atomic E-state index is 0.191. The summed E-state index contributed by atoms with van der Waals surface area (Å²) in [5.74, 6) is 1.58. The van der Waals surface area contributed by atoms with Gasteiger partial charge in [0.1, 0.15) is 18.1 Å². The molecular weight excluding hydrogens is 366 g/mol. The van der Waals surface area contributed by atoms with Crippen molar-refractivity contribution in [1.29, 1.82) is 0 Å². The van der Waals surface area contributed by atoms with E-state index in [9.17, 15) is 4.79 Å². The first-order valence-corrected chi connectivity index (χ1v) is 9.49. The van der Waals surface area contributed by atoms with Crippen LogP contribution >= 0.6 is 0 Å². The van der Waals surface area contributed by atoms with E-state index in [0.717, 1.165) is 34.7 Å². The average molecular weight is 391 g/mol. The van der Waals surface area contributed by atoms with Gasteiger partial charge in [0.15, 0.2) is 0 Å². The summed E-state index contributed by atoms with van der Waals surface area (Å²) in [6, 6.07) is 21.0. The highest BCUT2D eigenvalue weighted by Crippen LogP contribution is 2.14. The van der Waals surface area contributed by atoms with E-state index < -0.39 is 0 Å². The van der Waals surface area contributed by atoms with Crippen LogP contribution in [0.2, 0.25) is 0 Å². The van der Waals surface area contributed by atoms with E-state index in [2.05, 4.69) is 15.6 Å². The van der Waals surface area contributed by atoms with Crippen molar-refractivity contribution in [3.8, 4) is 11.5 Å². The lowest BCUT2D eigenvalue weighted by molar-refractivity contribution is 0.240. The van der Waals surface area contributed by atoms with Crippen molar-refractivity contribution in [2.45, 2.75) is 19.6 Å². The molecule has 150 valence electrons. The molecule has 0 bridgehead atoms. The van der Waals surface area contributed by atoms with Crippen molar-refractivity contribution >= 4 is 6.03 Å². The Balaban J connectivity index is 1.36. The predicted octanol–water partition coefficient (Wildman–Crippen LogP) is 3.71. The van der Waals surface area contributed by atoms with Crippen molar-refractivity contribution in [2.24, 2.45) is 0 Å². The van der Waals surface area contributed by atoms with Crippen LogP contribution < -0.4 is 20.1 Å². The van der Waals surface area contributed by atoms with Gasteiger partial charge in [-0.2, -0.15) is 0 Å². The lowest BCUT2D eigenvalue weighted by atomic mass is 10.1. The molecule has 29 heavy (non-hydrogen) atoms. The molecule has 1 heterocycles. The number of nitrogens with zero attached hydrogens (tertiary/aromatic N) is 1. The molecule has 0 fully saturated rings. The molecule has 0 unspecified atom stereocenters. The normalized spacial score (nSPS) is 10.2. The molecule has 0 atom stereocenters. The van der Waals surface area contributed by atoms with E-state index in [4.69, 9.17) is 9.47 Å². The van der Waals surface area contributed by atoms with Gasteiger partial charge in [-0.1, -0.05) is 30.3 Å². The van der Waals surface area contributed by atoms with Crippen molar-refractivity contribution in [3.63, 3.8) is 0 Å². The molecule has 0 aliphatic heterocycles. The molecule has 2 N–H and O–H groups in total. The maximum Gasteiger partial charge on any atom is 0.315 e. The highest BCUT2D eigenvalue weighted by Gasteiger charge is 2.02. The van der Waals surface area contributed by atoms with Crippen LogP contribution in [0.4, 0.5) is 4.79 Å². The third-order valence-corrected chi connectivity index (χ3v) is 4.32. The van der Waals surface area contributed by atoms with Gasteiger partial charge in [0, 0.05) is 19.3 Å². The number of hydrogen-bond donors (Lipinski definition) is 2. The van der Waals surface area contributed by atoms with Crippen LogP contribution in [0.15, 0.2) is 72.9 Å². The number of carbonyl (C=O) groups excluding carboxylic acids is 1. The van der Waals surface area contributed by atoms with Gasteiger partial charge in [-0.15, -0.1) is 0 Å². The van der Waals surface area contributed by atoms with Gasteiger partial charge in [-0.05, 0) is 53.9 Å². The number of pyridine rings is 1. The molecule has 0 saturated heterocycles. The SMILES string of the molecule is COc1cccc(CCNC(=O)NCc2ccc(OCc3ccccn3)cc2)c1. The number of amides is 2. The summed E-state index contributed by atoms with van der Waals surface area (Å²) in [5.41, 5.74) is 2.99. The van der Waals surface area contributed by atoms with Crippen LogP contribution in [-0.2, 0) is 19.6 Å². The van der Waals surface area contributed by atoms with Gasteiger partial charge >= 0.3 is 6.03 Å². The number of urea groups is 1. The fraction of sp³-hybridized carbons (Fsp3) is 0.217. The van der Waals surface area contributed by atoms with Gasteiger partial charge < -0.3 is 20.1 Å². The molecule has 0 spiro atoms. The second kappa shape index (κ2) is 10.7. The number of carbonyl (C=O) groups is 1. The van der Waals surface area contributed by atoms with Gasteiger partial charge in [-0.25, -0.2) is 4.79 Å². The summed E-state index contributed by atoms with van der Waals surface area (Å²) < 4.78 is 10.9. The van der Waals surface area contributed by atoms with E-state index in [1.54, 1.807) is 13.3 Å². The number of nitrogens with one attached hydrogen (secondary N) is 2. The zero-order valence-electron chi connectivity index (χ0n) is 16.4. The quantitative estimate of drug-likeness (QED) is 0.583.